The van der Waals surface area contributed by atoms with Gasteiger partial charge in [-0.15, -0.1) is 0 Å². The molecule has 4 heteroatoms. The molecule has 0 radical (unpaired) electrons. The molecule has 1 heterocycles. The average Bonchev–Trinajstić information content (AvgIpc) is 2.66. The largest absolute Gasteiger partial charge is 0.497 e. The van der Waals surface area contributed by atoms with Crippen molar-refractivity contribution in [2.45, 2.75) is 12.8 Å². The summed E-state index contributed by atoms with van der Waals surface area (Å²) in [6.07, 6.45) is 3.61. The van der Waals surface area contributed by atoms with Gasteiger partial charge in [0.05, 0.1) is 12.8 Å². The van der Waals surface area contributed by atoms with Crippen molar-refractivity contribution < 1.29 is 14.2 Å². The molecule has 24 heavy (non-hydrogen) atoms. The van der Waals surface area contributed by atoms with E-state index in [1.165, 1.54) is 11.1 Å². The van der Waals surface area contributed by atoms with Gasteiger partial charge in [0.2, 0.25) is 0 Å². The first-order chi connectivity index (χ1) is 11.8. The maximum atomic E-state index is 5.97. The van der Waals surface area contributed by atoms with Crippen molar-refractivity contribution in [2.75, 3.05) is 26.9 Å². The molecule has 0 bridgehead atoms. The molecule has 126 valence electrons. The molecule has 0 spiro atoms. The summed E-state index contributed by atoms with van der Waals surface area (Å²) in [6.45, 7) is 2.03. The van der Waals surface area contributed by atoms with E-state index >= 15 is 0 Å². The Morgan fingerprint density at radius 3 is 2.83 bits per heavy atom. The standard InChI is InChI=1S/C20H23NO3/c1-22-19-7-4-5-16(13-19)9-10-17-6-2-3-8-20(17)24-15-18-14-23-12-11-21-18/h2-8,13-14,21H,9-12,15H2,1H3. The average molecular weight is 325 g/mol. The fourth-order valence-corrected chi connectivity index (χ4v) is 2.67. The van der Waals surface area contributed by atoms with Gasteiger partial charge >= 0.3 is 0 Å². The minimum atomic E-state index is 0.496. The molecule has 0 aliphatic carbocycles. The predicted molar refractivity (Wildman–Crippen MR) is 94.4 cm³/mol. The molecule has 0 saturated heterocycles. The van der Waals surface area contributed by atoms with Crippen LogP contribution in [0.25, 0.3) is 0 Å². The Morgan fingerprint density at radius 1 is 1.08 bits per heavy atom. The number of nitrogens with one attached hydrogen (secondary N) is 1. The van der Waals surface area contributed by atoms with Crippen molar-refractivity contribution in [2.24, 2.45) is 0 Å². The molecule has 0 amide bonds. The molecule has 0 fully saturated rings. The van der Waals surface area contributed by atoms with E-state index in [9.17, 15) is 0 Å². The van der Waals surface area contributed by atoms with Gasteiger partial charge in [0.1, 0.15) is 31.0 Å². The zero-order valence-electron chi connectivity index (χ0n) is 14.0. The van der Waals surface area contributed by atoms with Gasteiger partial charge in [-0.05, 0) is 42.2 Å². The van der Waals surface area contributed by atoms with Gasteiger partial charge in [0.15, 0.2) is 0 Å². The molecule has 1 N–H and O–H groups in total. The summed E-state index contributed by atoms with van der Waals surface area (Å²) in [5.41, 5.74) is 3.44. The third kappa shape index (κ3) is 4.44. The van der Waals surface area contributed by atoms with Crippen LogP contribution in [0.4, 0.5) is 0 Å². The Labute approximate surface area is 143 Å². The van der Waals surface area contributed by atoms with Crippen LogP contribution in [0.2, 0.25) is 0 Å². The number of aryl methyl sites for hydroxylation is 2. The number of hydrogen-bond donors (Lipinski definition) is 1. The smallest absolute Gasteiger partial charge is 0.131 e. The maximum Gasteiger partial charge on any atom is 0.131 e. The van der Waals surface area contributed by atoms with Gasteiger partial charge in [0.25, 0.3) is 0 Å². The van der Waals surface area contributed by atoms with Crippen LogP contribution in [0.15, 0.2) is 60.5 Å². The van der Waals surface area contributed by atoms with Gasteiger partial charge < -0.3 is 19.5 Å². The molecule has 3 rings (SSSR count). The summed E-state index contributed by atoms with van der Waals surface area (Å²) in [4.78, 5) is 0. The topological polar surface area (TPSA) is 39.7 Å². The zero-order chi connectivity index (χ0) is 16.6. The van der Waals surface area contributed by atoms with E-state index in [0.29, 0.717) is 13.2 Å². The van der Waals surface area contributed by atoms with Crippen LogP contribution < -0.4 is 14.8 Å². The highest BCUT2D eigenvalue weighted by molar-refractivity contribution is 5.35. The fourth-order valence-electron chi connectivity index (χ4n) is 2.67. The SMILES string of the molecule is COc1cccc(CCc2ccccc2OCC2=COCCN2)c1. The number of hydrogen-bond acceptors (Lipinski definition) is 4. The summed E-state index contributed by atoms with van der Waals surface area (Å²) in [5.74, 6) is 1.82. The Hall–Kier alpha value is -2.62. The first-order valence-corrected chi connectivity index (χ1v) is 8.23. The summed E-state index contributed by atoms with van der Waals surface area (Å²) in [6, 6.07) is 16.4. The monoisotopic (exact) mass is 325 g/mol. The van der Waals surface area contributed by atoms with E-state index in [4.69, 9.17) is 14.2 Å². The molecule has 0 unspecified atom stereocenters. The van der Waals surface area contributed by atoms with E-state index in [2.05, 4.69) is 29.6 Å². The molecule has 0 saturated carbocycles. The maximum absolute atomic E-state index is 5.97. The van der Waals surface area contributed by atoms with Crippen LogP contribution in [0.3, 0.4) is 0 Å². The summed E-state index contributed by atoms with van der Waals surface area (Å²) < 4.78 is 16.6. The van der Waals surface area contributed by atoms with E-state index < -0.39 is 0 Å². The van der Waals surface area contributed by atoms with Crippen LogP contribution in [0.1, 0.15) is 11.1 Å². The van der Waals surface area contributed by atoms with Gasteiger partial charge in [-0.1, -0.05) is 30.3 Å². The summed E-state index contributed by atoms with van der Waals surface area (Å²) in [7, 11) is 1.69. The van der Waals surface area contributed by atoms with Crippen molar-refractivity contribution in [3.63, 3.8) is 0 Å². The number of ether oxygens (including phenoxy) is 3. The van der Waals surface area contributed by atoms with Gasteiger partial charge in [-0.2, -0.15) is 0 Å². The quantitative estimate of drug-likeness (QED) is 0.848. The first-order valence-electron chi connectivity index (χ1n) is 8.23. The molecule has 2 aromatic rings. The van der Waals surface area contributed by atoms with Crippen molar-refractivity contribution in [1.82, 2.24) is 5.32 Å². The molecule has 0 atom stereocenters. The highest BCUT2D eigenvalue weighted by Gasteiger charge is 2.07. The second-order valence-corrected chi connectivity index (χ2v) is 5.69. The lowest BCUT2D eigenvalue weighted by Crippen LogP contribution is -2.26. The lowest BCUT2D eigenvalue weighted by Gasteiger charge is -2.18. The molecule has 2 aromatic carbocycles. The Kier molecular flexibility index (Phi) is 5.61. The Balaban J connectivity index is 1.61. The lowest BCUT2D eigenvalue weighted by atomic mass is 10.0. The van der Waals surface area contributed by atoms with E-state index in [1.54, 1.807) is 13.4 Å². The van der Waals surface area contributed by atoms with Crippen molar-refractivity contribution in [3.8, 4) is 11.5 Å². The first kappa shape index (κ1) is 16.2. The van der Waals surface area contributed by atoms with Crippen LogP contribution in [0, 0.1) is 0 Å². The molecular formula is C20H23NO3. The van der Waals surface area contributed by atoms with Crippen molar-refractivity contribution >= 4 is 0 Å². The molecule has 4 nitrogen and oxygen atoms in total. The molecule has 1 aliphatic heterocycles. The minimum Gasteiger partial charge on any atom is -0.497 e. The number of para-hydroxylation sites is 1. The van der Waals surface area contributed by atoms with Gasteiger partial charge in [0, 0.05) is 6.54 Å². The third-order valence-electron chi connectivity index (χ3n) is 3.97. The second-order valence-electron chi connectivity index (χ2n) is 5.69. The van der Waals surface area contributed by atoms with E-state index in [-0.39, 0.29) is 0 Å². The van der Waals surface area contributed by atoms with Crippen LogP contribution in [0.5, 0.6) is 11.5 Å². The highest BCUT2D eigenvalue weighted by atomic mass is 16.5. The van der Waals surface area contributed by atoms with Crippen molar-refractivity contribution in [3.05, 3.63) is 71.6 Å². The normalized spacial score (nSPS) is 13.5. The second kappa shape index (κ2) is 8.29. The fraction of sp³-hybridized carbons (Fsp3) is 0.300. The van der Waals surface area contributed by atoms with Crippen LogP contribution in [-0.2, 0) is 17.6 Å². The number of rotatable bonds is 7. The Bertz CT molecular complexity index is 697. The van der Waals surface area contributed by atoms with Crippen molar-refractivity contribution in [1.29, 1.82) is 0 Å². The summed E-state index contributed by atoms with van der Waals surface area (Å²) >= 11 is 0. The van der Waals surface area contributed by atoms with Crippen LogP contribution in [-0.4, -0.2) is 26.9 Å². The third-order valence-corrected chi connectivity index (χ3v) is 3.97. The molecule has 1 aliphatic rings. The zero-order valence-corrected chi connectivity index (χ0v) is 14.0. The van der Waals surface area contributed by atoms with Gasteiger partial charge in [-0.3, -0.25) is 0 Å². The van der Waals surface area contributed by atoms with Crippen LogP contribution >= 0.6 is 0 Å². The minimum absolute atomic E-state index is 0.496. The number of benzene rings is 2. The van der Waals surface area contributed by atoms with Gasteiger partial charge in [-0.25, -0.2) is 0 Å². The van der Waals surface area contributed by atoms with E-state index in [0.717, 1.165) is 36.6 Å². The lowest BCUT2D eigenvalue weighted by molar-refractivity contribution is 0.216. The highest BCUT2D eigenvalue weighted by Crippen LogP contribution is 2.22. The summed E-state index contributed by atoms with van der Waals surface area (Å²) in [5, 5.41) is 3.28. The Morgan fingerprint density at radius 2 is 2.00 bits per heavy atom. The van der Waals surface area contributed by atoms with E-state index in [1.807, 2.05) is 24.3 Å². The molecular weight excluding hydrogens is 302 g/mol. The number of methoxy groups -OCH3 is 1. The predicted octanol–water partition coefficient (Wildman–Crippen LogP) is 3.32. The molecule has 0 aromatic heterocycles.